The average molecular weight is 222 g/mol. The minimum absolute atomic E-state index is 0.0222. The second kappa shape index (κ2) is 6.65. The van der Waals surface area contributed by atoms with Gasteiger partial charge < -0.3 is 9.64 Å². The van der Waals surface area contributed by atoms with Crippen LogP contribution in [0.1, 0.15) is 13.8 Å². The van der Waals surface area contributed by atoms with Gasteiger partial charge in [0.05, 0.1) is 19.5 Å². The molecule has 82 valence electrons. The van der Waals surface area contributed by atoms with E-state index in [9.17, 15) is 9.59 Å². The molecule has 0 N–H and O–H groups in total. The van der Waals surface area contributed by atoms with Gasteiger partial charge >= 0.3 is 6.09 Å². The summed E-state index contributed by atoms with van der Waals surface area (Å²) in [5, 5.41) is 0. The molecule has 0 bridgehead atoms. The van der Waals surface area contributed by atoms with Crippen molar-refractivity contribution in [3.05, 3.63) is 0 Å². The summed E-state index contributed by atoms with van der Waals surface area (Å²) in [5.41, 5.74) is 0. The third-order valence-corrected chi connectivity index (χ3v) is 1.83. The first-order chi connectivity index (χ1) is 6.51. The highest BCUT2D eigenvalue weighted by Gasteiger charge is 2.17. The third kappa shape index (κ3) is 5.07. The highest BCUT2D eigenvalue weighted by atomic mass is 35.5. The maximum atomic E-state index is 11.2. The number of nitrogens with zero attached hydrogens (tertiary/aromatic N) is 1. The molecule has 0 atom stereocenters. The van der Waals surface area contributed by atoms with E-state index in [0.717, 1.165) is 0 Å². The molecular weight excluding hydrogens is 206 g/mol. The summed E-state index contributed by atoms with van der Waals surface area (Å²) < 4.78 is 4.55. The van der Waals surface area contributed by atoms with Gasteiger partial charge in [0.15, 0.2) is 5.78 Å². The van der Waals surface area contributed by atoms with E-state index >= 15 is 0 Å². The summed E-state index contributed by atoms with van der Waals surface area (Å²) in [7, 11) is 1.29. The lowest BCUT2D eigenvalue weighted by molar-refractivity contribution is -0.117. The number of methoxy groups -OCH3 is 1. The van der Waals surface area contributed by atoms with E-state index < -0.39 is 6.09 Å². The monoisotopic (exact) mass is 221 g/mol. The predicted molar refractivity (Wildman–Crippen MR) is 54.5 cm³/mol. The molecule has 0 fully saturated rings. The van der Waals surface area contributed by atoms with Crippen molar-refractivity contribution in [3.8, 4) is 0 Å². The molecule has 0 unspecified atom stereocenters. The molecule has 0 saturated heterocycles. The molecule has 0 saturated carbocycles. The first-order valence-corrected chi connectivity index (χ1v) is 4.95. The second-order valence-electron chi connectivity index (χ2n) is 3.42. The van der Waals surface area contributed by atoms with Gasteiger partial charge in [0, 0.05) is 6.54 Å². The minimum Gasteiger partial charge on any atom is -0.453 e. The van der Waals surface area contributed by atoms with E-state index in [1.165, 1.54) is 12.0 Å². The van der Waals surface area contributed by atoms with Gasteiger partial charge in [0.2, 0.25) is 0 Å². The van der Waals surface area contributed by atoms with E-state index in [1.54, 1.807) is 0 Å². The van der Waals surface area contributed by atoms with Crippen LogP contribution in [0.3, 0.4) is 0 Å². The molecule has 0 rings (SSSR count). The molecule has 0 aromatic rings. The molecule has 0 aliphatic heterocycles. The summed E-state index contributed by atoms with van der Waals surface area (Å²) in [6.07, 6.45) is -0.489. The minimum atomic E-state index is -0.489. The maximum absolute atomic E-state index is 11.2. The Balaban J connectivity index is 4.24. The van der Waals surface area contributed by atoms with Crippen LogP contribution >= 0.6 is 11.6 Å². The molecule has 0 radical (unpaired) electrons. The SMILES string of the molecule is COC(=O)N(CC(=O)CCl)CC(C)C. The van der Waals surface area contributed by atoms with Crippen LogP contribution in [-0.4, -0.2) is 42.9 Å². The number of amides is 1. The first kappa shape index (κ1) is 13.2. The molecule has 0 aliphatic carbocycles. The van der Waals surface area contributed by atoms with Crippen LogP contribution in [0, 0.1) is 5.92 Å². The molecule has 4 nitrogen and oxygen atoms in total. The van der Waals surface area contributed by atoms with Gasteiger partial charge in [-0.15, -0.1) is 11.6 Å². The zero-order valence-corrected chi connectivity index (χ0v) is 9.50. The van der Waals surface area contributed by atoms with Gasteiger partial charge in [0.25, 0.3) is 0 Å². The van der Waals surface area contributed by atoms with Crippen molar-refractivity contribution < 1.29 is 14.3 Å². The number of hydrogen-bond donors (Lipinski definition) is 0. The lowest BCUT2D eigenvalue weighted by Gasteiger charge is -2.21. The van der Waals surface area contributed by atoms with E-state index in [1.807, 2.05) is 13.8 Å². The maximum Gasteiger partial charge on any atom is 0.409 e. The quantitative estimate of drug-likeness (QED) is 0.662. The second-order valence-corrected chi connectivity index (χ2v) is 3.68. The summed E-state index contributed by atoms with van der Waals surface area (Å²) in [6, 6.07) is 0. The summed E-state index contributed by atoms with van der Waals surface area (Å²) >= 11 is 5.35. The van der Waals surface area contributed by atoms with E-state index in [2.05, 4.69) is 4.74 Å². The Bertz CT molecular complexity index is 206. The topological polar surface area (TPSA) is 46.6 Å². The smallest absolute Gasteiger partial charge is 0.409 e. The van der Waals surface area contributed by atoms with Crippen molar-refractivity contribution in [1.29, 1.82) is 0 Å². The summed E-state index contributed by atoms with van der Waals surface area (Å²) in [5.74, 6) is 0.0286. The fourth-order valence-corrected chi connectivity index (χ4v) is 1.11. The number of alkyl halides is 1. The lowest BCUT2D eigenvalue weighted by Crippen LogP contribution is -2.38. The predicted octanol–water partition coefficient (Wildman–Crippen LogP) is 1.52. The molecule has 1 amide bonds. The fourth-order valence-electron chi connectivity index (χ4n) is 1.03. The molecule has 5 heteroatoms. The van der Waals surface area contributed by atoms with Crippen molar-refractivity contribution in [2.75, 3.05) is 26.1 Å². The Morgan fingerprint density at radius 1 is 1.43 bits per heavy atom. The third-order valence-electron chi connectivity index (χ3n) is 1.53. The molecule has 0 aromatic carbocycles. The van der Waals surface area contributed by atoms with Crippen molar-refractivity contribution in [2.24, 2.45) is 5.92 Å². The first-order valence-electron chi connectivity index (χ1n) is 4.41. The van der Waals surface area contributed by atoms with Gasteiger partial charge in [-0.25, -0.2) is 4.79 Å². The van der Waals surface area contributed by atoms with Gasteiger partial charge in [-0.2, -0.15) is 0 Å². The number of ether oxygens (including phenoxy) is 1. The number of hydrogen-bond acceptors (Lipinski definition) is 3. The highest BCUT2D eigenvalue weighted by molar-refractivity contribution is 6.28. The number of halogens is 1. The zero-order valence-electron chi connectivity index (χ0n) is 8.75. The number of carbonyl (C=O) groups is 2. The van der Waals surface area contributed by atoms with E-state index in [-0.39, 0.29) is 24.1 Å². The van der Waals surface area contributed by atoms with Gasteiger partial charge in [-0.1, -0.05) is 13.8 Å². The normalized spacial score (nSPS) is 10.1. The van der Waals surface area contributed by atoms with Gasteiger partial charge in [-0.3, -0.25) is 4.79 Å². The van der Waals surface area contributed by atoms with Crippen LogP contribution in [0.25, 0.3) is 0 Å². The van der Waals surface area contributed by atoms with Crippen LogP contribution in [0.4, 0.5) is 4.79 Å². The molecule has 0 aromatic heterocycles. The van der Waals surface area contributed by atoms with Crippen LogP contribution < -0.4 is 0 Å². The number of rotatable bonds is 5. The average Bonchev–Trinajstić information content (AvgIpc) is 2.14. The Hall–Kier alpha value is -0.770. The molecule has 0 heterocycles. The summed E-state index contributed by atoms with van der Waals surface area (Å²) in [4.78, 5) is 23.6. The van der Waals surface area contributed by atoms with Crippen molar-refractivity contribution in [2.45, 2.75) is 13.8 Å². The largest absolute Gasteiger partial charge is 0.453 e. The Labute approximate surface area is 89.2 Å². The number of ketones is 1. The van der Waals surface area contributed by atoms with Gasteiger partial charge in [-0.05, 0) is 5.92 Å². The summed E-state index contributed by atoms with van der Waals surface area (Å²) in [6.45, 7) is 4.44. The van der Waals surface area contributed by atoms with Crippen LogP contribution in [0.15, 0.2) is 0 Å². The Morgan fingerprint density at radius 3 is 2.36 bits per heavy atom. The standard InChI is InChI=1S/C9H16ClNO3/c1-7(2)5-11(9(13)14-3)6-8(12)4-10/h7H,4-6H2,1-3H3. The molecular formula is C9H16ClNO3. The fraction of sp³-hybridized carbons (Fsp3) is 0.778. The number of carbonyl (C=O) groups excluding carboxylic acids is 2. The van der Waals surface area contributed by atoms with Crippen LogP contribution in [0.2, 0.25) is 0 Å². The Morgan fingerprint density at radius 2 is 2.00 bits per heavy atom. The van der Waals surface area contributed by atoms with E-state index in [0.29, 0.717) is 6.54 Å². The van der Waals surface area contributed by atoms with Crippen LogP contribution in [-0.2, 0) is 9.53 Å². The van der Waals surface area contributed by atoms with E-state index in [4.69, 9.17) is 11.6 Å². The highest BCUT2D eigenvalue weighted by Crippen LogP contribution is 2.01. The Kier molecular flexibility index (Phi) is 6.28. The van der Waals surface area contributed by atoms with Crippen molar-refractivity contribution >= 4 is 23.5 Å². The molecule has 0 aliphatic rings. The van der Waals surface area contributed by atoms with Crippen molar-refractivity contribution in [3.63, 3.8) is 0 Å². The molecule has 14 heavy (non-hydrogen) atoms. The number of Topliss-reactive ketones (excluding diaryl/α,β-unsaturated/α-hetero) is 1. The van der Waals surface area contributed by atoms with Crippen LogP contribution in [0.5, 0.6) is 0 Å². The zero-order chi connectivity index (χ0) is 11.1. The molecule has 0 spiro atoms. The van der Waals surface area contributed by atoms with Crippen molar-refractivity contribution in [1.82, 2.24) is 4.90 Å². The lowest BCUT2D eigenvalue weighted by atomic mass is 10.2. The van der Waals surface area contributed by atoms with Gasteiger partial charge in [0.1, 0.15) is 0 Å².